The summed E-state index contributed by atoms with van der Waals surface area (Å²) in [4.78, 5) is 11.2. The lowest BCUT2D eigenvalue weighted by Crippen LogP contribution is -2.04. The molecule has 0 heterocycles. The summed E-state index contributed by atoms with van der Waals surface area (Å²) >= 11 is 0. The Balaban J connectivity index is 2.96. The van der Waals surface area contributed by atoms with Gasteiger partial charge in [-0.05, 0) is 25.1 Å². The molecule has 0 unspecified atom stereocenters. The van der Waals surface area contributed by atoms with Gasteiger partial charge in [-0.25, -0.2) is 4.39 Å². The molecular formula is C10H12FNO2. The first-order valence-corrected chi connectivity index (χ1v) is 4.24. The van der Waals surface area contributed by atoms with E-state index in [1.165, 1.54) is 13.0 Å². The van der Waals surface area contributed by atoms with Crippen LogP contribution in [-0.2, 0) is 0 Å². The molecule has 76 valence electrons. The van der Waals surface area contributed by atoms with Crippen molar-refractivity contribution in [2.24, 2.45) is 0 Å². The molecular weight excluding hydrogens is 185 g/mol. The normalized spacial score (nSPS) is 9.86. The van der Waals surface area contributed by atoms with Crippen LogP contribution in [0.3, 0.4) is 0 Å². The van der Waals surface area contributed by atoms with E-state index in [9.17, 15) is 9.18 Å². The molecule has 4 heteroatoms. The van der Waals surface area contributed by atoms with Crippen LogP contribution < -0.4 is 10.5 Å². The number of hydrogen-bond acceptors (Lipinski definition) is 3. The first-order valence-electron chi connectivity index (χ1n) is 4.24. The van der Waals surface area contributed by atoms with E-state index in [0.29, 0.717) is 17.0 Å². The van der Waals surface area contributed by atoms with E-state index in [1.54, 1.807) is 12.1 Å². The first kappa shape index (κ1) is 10.5. The largest absolute Gasteiger partial charge is 0.490 e. The number of anilines is 1. The van der Waals surface area contributed by atoms with Crippen molar-refractivity contribution in [1.29, 1.82) is 0 Å². The number of hydrogen-bond donors (Lipinski definition) is 1. The van der Waals surface area contributed by atoms with Crippen molar-refractivity contribution in [2.45, 2.75) is 6.92 Å². The van der Waals surface area contributed by atoms with Gasteiger partial charge in [0.15, 0.2) is 5.78 Å². The first-order chi connectivity index (χ1) is 6.65. The number of alkyl halides is 1. The van der Waals surface area contributed by atoms with Gasteiger partial charge < -0.3 is 10.5 Å². The van der Waals surface area contributed by atoms with Crippen molar-refractivity contribution in [3.63, 3.8) is 0 Å². The quantitative estimate of drug-likeness (QED) is 0.591. The zero-order valence-electron chi connectivity index (χ0n) is 7.92. The monoisotopic (exact) mass is 197 g/mol. The molecule has 0 saturated carbocycles. The van der Waals surface area contributed by atoms with Crippen LogP contribution in [0, 0.1) is 0 Å². The van der Waals surface area contributed by atoms with Gasteiger partial charge in [-0.3, -0.25) is 4.79 Å². The van der Waals surface area contributed by atoms with Crippen LogP contribution in [0.25, 0.3) is 0 Å². The van der Waals surface area contributed by atoms with Crippen LogP contribution in [-0.4, -0.2) is 19.1 Å². The molecule has 0 aliphatic carbocycles. The molecule has 0 amide bonds. The van der Waals surface area contributed by atoms with Gasteiger partial charge in [0.2, 0.25) is 0 Å². The summed E-state index contributed by atoms with van der Waals surface area (Å²) in [6, 6.07) is 4.71. The Morgan fingerprint density at radius 3 is 2.86 bits per heavy atom. The SMILES string of the molecule is CC(=O)c1cc(N)ccc1OCCF. The maximum atomic E-state index is 11.9. The van der Waals surface area contributed by atoms with Crippen LogP contribution in [0.5, 0.6) is 5.75 Å². The average molecular weight is 197 g/mol. The van der Waals surface area contributed by atoms with E-state index in [0.717, 1.165) is 0 Å². The Morgan fingerprint density at radius 2 is 2.29 bits per heavy atom. The van der Waals surface area contributed by atoms with Crippen LogP contribution in [0.2, 0.25) is 0 Å². The molecule has 0 saturated heterocycles. The van der Waals surface area contributed by atoms with E-state index in [1.807, 2.05) is 0 Å². The van der Waals surface area contributed by atoms with E-state index < -0.39 is 6.67 Å². The molecule has 3 nitrogen and oxygen atoms in total. The molecule has 0 bridgehead atoms. The average Bonchev–Trinajstić information content (AvgIpc) is 2.15. The van der Waals surface area contributed by atoms with Crippen molar-refractivity contribution in [2.75, 3.05) is 19.0 Å². The molecule has 0 atom stereocenters. The number of nitrogen functional groups attached to an aromatic ring is 1. The third kappa shape index (κ3) is 2.45. The molecule has 14 heavy (non-hydrogen) atoms. The Morgan fingerprint density at radius 1 is 1.57 bits per heavy atom. The number of ether oxygens (including phenoxy) is 1. The van der Waals surface area contributed by atoms with Gasteiger partial charge in [0, 0.05) is 5.69 Å². The summed E-state index contributed by atoms with van der Waals surface area (Å²) in [6.07, 6.45) is 0. The summed E-state index contributed by atoms with van der Waals surface area (Å²) < 4.78 is 16.9. The van der Waals surface area contributed by atoms with E-state index >= 15 is 0 Å². The summed E-state index contributed by atoms with van der Waals surface area (Å²) in [7, 11) is 0. The predicted molar refractivity (Wildman–Crippen MR) is 52.3 cm³/mol. The van der Waals surface area contributed by atoms with Crippen molar-refractivity contribution in [3.8, 4) is 5.75 Å². The second-order valence-corrected chi connectivity index (χ2v) is 2.85. The van der Waals surface area contributed by atoms with Gasteiger partial charge in [-0.15, -0.1) is 0 Å². The summed E-state index contributed by atoms with van der Waals surface area (Å²) in [5.74, 6) is 0.232. The Hall–Kier alpha value is -1.58. The Bertz CT molecular complexity index is 339. The Kier molecular flexibility index (Phi) is 3.45. The van der Waals surface area contributed by atoms with E-state index in [2.05, 4.69) is 0 Å². The highest BCUT2D eigenvalue weighted by molar-refractivity contribution is 5.97. The van der Waals surface area contributed by atoms with Crippen LogP contribution in [0.15, 0.2) is 18.2 Å². The molecule has 0 aliphatic heterocycles. The lowest BCUT2D eigenvalue weighted by molar-refractivity contribution is 0.101. The van der Waals surface area contributed by atoms with Gasteiger partial charge in [0.25, 0.3) is 0 Å². The zero-order chi connectivity index (χ0) is 10.6. The maximum Gasteiger partial charge on any atom is 0.163 e. The highest BCUT2D eigenvalue weighted by Gasteiger charge is 2.08. The third-order valence-electron chi connectivity index (χ3n) is 1.72. The summed E-state index contributed by atoms with van der Waals surface area (Å²) in [6.45, 7) is 0.781. The summed E-state index contributed by atoms with van der Waals surface area (Å²) in [5.41, 5.74) is 6.39. The maximum absolute atomic E-state index is 11.9. The standard InChI is InChI=1S/C10H12FNO2/c1-7(13)9-6-8(12)2-3-10(9)14-5-4-11/h2-3,6H,4-5,12H2,1H3. The van der Waals surface area contributed by atoms with Crippen molar-refractivity contribution < 1.29 is 13.9 Å². The highest BCUT2D eigenvalue weighted by Crippen LogP contribution is 2.21. The van der Waals surface area contributed by atoms with Crippen molar-refractivity contribution in [1.82, 2.24) is 0 Å². The van der Waals surface area contributed by atoms with Gasteiger partial charge in [-0.2, -0.15) is 0 Å². The van der Waals surface area contributed by atoms with Crippen LogP contribution in [0.1, 0.15) is 17.3 Å². The molecule has 0 fully saturated rings. The number of carbonyl (C=O) groups is 1. The lowest BCUT2D eigenvalue weighted by Gasteiger charge is -2.08. The molecule has 1 aromatic carbocycles. The third-order valence-corrected chi connectivity index (χ3v) is 1.72. The minimum Gasteiger partial charge on any atom is -0.490 e. The number of rotatable bonds is 4. The van der Waals surface area contributed by atoms with Gasteiger partial charge in [0.1, 0.15) is 19.0 Å². The number of carbonyl (C=O) groups excluding carboxylic acids is 1. The highest BCUT2D eigenvalue weighted by atomic mass is 19.1. The number of ketones is 1. The zero-order valence-corrected chi connectivity index (χ0v) is 7.92. The number of halogens is 1. The predicted octanol–water partition coefficient (Wildman–Crippen LogP) is 1.82. The second kappa shape index (κ2) is 4.60. The molecule has 1 aromatic rings. The van der Waals surface area contributed by atoms with Crippen molar-refractivity contribution in [3.05, 3.63) is 23.8 Å². The van der Waals surface area contributed by atoms with Gasteiger partial charge in [-0.1, -0.05) is 0 Å². The second-order valence-electron chi connectivity index (χ2n) is 2.85. The minimum atomic E-state index is -0.582. The molecule has 1 rings (SSSR count). The van der Waals surface area contributed by atoms with Crippen LogP contribution >= 0.6 is 0 Å². The van der Waals surface area contributed by atoms with Crippen molar-refractivity contribution >= 4 is 11.5 Å². The summed E-state index contributed by atoms with van der Waals surface area (Å²) in [5, 5.41) is 0. The van der Waals surface area contributed by atoms with Gasteiger partial charge >= 0.3 is 0 Å². The fourth-order valence-corrected chi connectivity index (χ4v) is 1.10. The number of benzene rings is 1. The van der Waals surface area contributed by atoms with E-state index in [-0.39, 0.29) is 12.4 Å². The fourth-order valence-electron chi connectivity index (χ4n) is 1.10. The lowest BCUT2D eigenvalue weighted by atomic mass is 10.1. The van der Waals surface area contributed by atoms with Gasteiger partial charge in [0.05, 0.1) is 5.56 Å². The molecule has 0 aliphatic rings. The molecule has 0 radical (unpaired) electrons. The minimum absolute atomic E-state index is 0.0514. The van der Waals surface area contributed by atoms with Crippen LogP contribution in [0.4, 0.5) is 10.1 Å². The topological polar surface area (TPSA) is 52.3 Å². The smallest absolute Gasteiger partial charge is 0.163 e. The molecule has 0 spiro atoms. The van der Waals surface area contributed by atoms with E-state index in [4.69, 9.17) is 10.5 Å². The number of nitrogens with two attached hydrogens (primary N) is 1. The molecule has 2 N–H and O–H groups in total. The molecule has 0 aromatic heterocycles. The Labute approximate surface area is 81.7 Å². The number of Topliss-reactive ketones (excluding diaryl/α,β-unsaturated/α-hetero) is 1. The fraction of sp³-hybridized carbons (Fsp3) is 0.300.